The molecule has 1 fully saturated rings. The zero-order valence-corrected chi connectivity index (χ0v) is 31.8. The van der Waals surface area contributed by atoms with Gasteiger partial charge in [-0.25, -0.2) is 4.79 Å². The van der Waals surface area contributed by atoms with Gasteiger partial charge in [0.25, 0.3) is 5.09 Å². The number of benzene rings is 1. The predicted molar refractivity (Wildman–Crippen MR) is 205 cm³/mol. The summed E-state index contributed by atoms with van der Waals surface area (Å²) >= 11 is 0. The summed E-state index contributed by atoms with van der Waals surface area (Å²) in [7, 11) is 1.92. The minimum absolute atomic E-state index is 0.0249. The number of hydrogen-bond donors (Lipinski definition) is 4. The van der Waals surface area contributed by atoms with Crippen LogP contribution < -0.4 is 21.3 Å². The molecule has 2 unspecified atom stereocenters. The number of unbranched alkanes of at least 4 members (excludes halogenated alkanes) is 3. The van der Waals surface area contributed by atoms with Crippen molar-refractivity contribution in [3.63, 3.8) is 0 Å². The van der Waals surface area contributed by atoms with E-state index in [0.717, 1.165) is 48.6 Å². The van der Waals surface area contributed by atoms with Crippen LogP contribution in [0.15, 0.2) is 54.9 Å². The topological polar surface area (TPSA) is 190 Å². The Bertz CT molecular complexity index is 1670. The largest absolute Gasteiger partial charge is 0.354 e. The second-order valence-electron chi connectivity index (χ2n) is 14.4. The van der Waals surface area contributed by atoms with Gasteiger partial charge in [-0.1, -0.05) is 63.8 Å². The Morgan fingerprint density at radius 1 is 0.833 bits per heavy atom. The SMILES string of the molecule is CC(C)CC(NC(=O)N1CCCCCC1)C(=O)NC(Cc1cn(C)c2ccccc12)C(=O)N[C@H](Cc1ccccn1)C(=O)NCCCCCCO[N+](=O)[O-]. The molecule has 15 heteroatoms. The number of para-hydroxylation sites is 1. The molecule has 0 spiro atoms. The number of likely N-dealkylation sites (tertiary alicyclic amines) is 1. The molecule has 294 valence electrons. The molecule has 54 heavy (non-hydrogen) atoms. The van der Waals surface area contributed by atoms with Crippen molar-refractivity contribution in [3.8, 4) is 0 Å². The molecule has 4 rings (SSSR count). The van der Waals surface area contributed by atoms with Gasteiger partial charge in [0, 0.05) is 68.5 Å². The van der Waals surface area contributed by atoms with Crippen LogP contribution in [0.4, 0.5) is 4.79 Å². The van der Waals surface area contributed by atoms with E-state index in [1.54, 1.807) is 29.3 Å². The zero-order chi connectivity index (χ0) is 38.9. The van der Waals surface area contributed by atoms with Crippen molar-refractivity contribution in [2.45, 2.75) is 103 Å². The first kappa shape index (κ1) is 41.5. The average Bonchev–Trinajstić information content (AvgIpc) is 3.28. The van der Waals surface area contributed by atoms with Gasteiger partial charge in [0.05, 0.1) is 6.61 Å². The highest BCUT2D eigenvalue weighted by Gasteiger charge is 2.32. The van der Waals surface area contributed by atoms with Gasteiger partial charge in [-0.2, -0.15) is 0 Å². The van der Waals surface area contributed by atoms with Crippen molar-refractivity contribution in [3.05, 3.63) is 76.2 Å². The van der Waals surface area contributed by atoms with Gasteiger partial charge in [-0.15, -0.1) is 10.1 Å². The number of nitrogens with one attached hydrogen (secondary N) is 4. The standard InChI is InChI=1S/C39H56N8O7/c1-28(2)24-32(44-39(51)46-21-13-5-6-14-22-46)37(49)42-33(25-29-27-45(3)35-18-9-8-17-31(29)35)38(50)43-34(26-30-16-10-12-19-40-30)36(48)41-20-11-4-7-15-23-54-47(52)53/h8-10,12,16-19,27-28,32-34H,4-7,11,13-15,20-26H2,1-3H3,(H,41,48)(H,42,49)(H,43,50)(H,44,51)/t32?,33?,34-/m1/s1. The summed E-state index contributed by atoms with van der Waals surface area (Å²) < 4.78 is 1.97. The van der Waals surface area contributed by atoms with E-state index in [1.165, 1.54) is 0 Å². The Hall–Kier alpha value is -5.21. The summed E-state index contributed by atoms with van der Waals surface area (Å²) in [6.45, 7) is 5.58. The molecule has 0 bridgehead atoms. The second kappa shape index (κ2) is 21.5. The number of pyridine rings is 1. The molecule has 4 N–H and O–H groups in total. The van der Waals surface area contributed by atoms with Gasteiger partial charge in [-0.05, 0) is 61.8 Å². The van der Waals surface area contributed by atoms with Crippen molar-refractivity contribution < 1.29 is 29.1 Å². The summed E-state index contributed by atoms with van der Waals surface area (Å²) in [4.78, 5) is 76.2. The lowest BCUT2D eigenvalue weighted by Gasteiger charge is -2.28. The highest BCUT2D eigenvalue weighted by Crippen LogP contribution is 2.22. The van der Waals surface area contributed by atoms with Crippen molar-refractivity contribution in [1.82, 2.24) is 35.7 Å². The van der Waals surface area contributed by atoms with Crippen molar-refractivity contribution >= 4 is 34.7 Å². The molecule has 15 nitrogen and oxygen atoms in total. The van der Waals surface area contributed by atoms with Crippen LogP contribution in [0, 0.1) is 16.0 Å². The summed E-state index contributed by atoms with van der Waals surface area (Å²) in [6.07, 6.45) is 10.7. The van der Waals surface area contributed by atoms with Crippen LogP contribution in [0.25, 0.3) is 10.9 Å². The molecular weight excluding hydrogens is 692 g/mol. The van der Waals surface area contributed by atoms with Crippen molar-refractivity contribution in [2.24, 2.45) is 13.0 Å². The average molecular weight is 749 g/mol. The van der Waals surface area contributed by atoms with Crippen LogP contribution in [0.5, 0.6) is 0 Å². The lowest BCUT2D eigenvalue weighted by atomic mass is 10.0. The second-order valence-corrected chi connectivity index (χ2v) is 14.4. The molecule has 1 aliphatic heterocycles. The normalized spacial score (nSPS) is 14.8. The van der Waals surface area contributed by atoms with E-state index in [1.807, 2.05) is 55.9 Å². The lowest BCUT2D eigenvalue weighted by Crippen LogP contribution is -2.58. The molecule has 3 atom stereocenters. The summed E-state index contributed by atoms with van der Waals surface area (Å²) in [5.74, 6) is -1.33. The van der Waals surface area contributed by atoms with Crippen molar-refractivity contribution in [2.75, 3.05) is 26.2 Å². The van der Waals surface area contributed by atoms with Crippen LogP contribution in [0.2, 0.25) is 0 Å². The Labute approximate surface area is 317 Å². The van der Waals surface area contributed by atoms with Gasteiger partial charge in [0.1, 0.15) is 18.1 Å². The maximum absolute atomic E-state index is 14.3. The van der Waals surface area contributed by atoms with Crippen LogP contribution in [0.1, 0.15) is 82.9 Å². The predicted octanol–water partition coefficient (Wildman–Crippen LogP) is 4.21. The van der Waals surface area contributed by atoms with Gasteiger partial charge >= 0.3 is 6.03 Å². The Kier molecular flexibility index (Phi) is 16.5. The maximum atomic E-state index is 14.3. The minimum Gasteiger partial charge on any atom is -0.354 e. The van der Waals surface area contributed by atoms with E-state index in [4.69, 9.17) is 0 Å². The number of carbonyl (C=O) groups excluding carboxylic acids is 4. The zero-order valence-electron chi connectivity index (χ0n) is 31.8. The molecule has 1 saturated heterocycles. The van der Waals surface area contributed by atoms with E-state index in [-0.39, 0.29) is 31.4 Å². The number of rotatable bonds is 20. The first-order valence-corrected chi connectivity index (χ1v) is 19.2. The van der Waals surface area contributed by atoms with Gasteiger partial charge in [-0.3, -0.25) is 19.4 Å². The Balaban J connectivity index is 1.53. The number of hydrogen-bond acceptors (Lipinski definition) is 8. The molecule has 2 aromatic heterocycles. The number of fused-ring (bicyclic) bond motifs is 1. The first-order valence-electron chi connectivity index (χ1n) is 19.2. The lowest BCUT2D eigenvalue weighted by molar-refractivity contribution is -0.757. The molecule has 1 aromatic carbocycles. The van der Waals surface area contributed by atoms with Crippen LogP contribution in [-0.2, 0) is 39.1 Å². The summed E-state index contributed by atoms with van der Waals surface area (Å²) in [6, 6.07) is 9.93. The number of aryl methyl sites for hydroxylation is 1. The smallest absolute Gasteiger partial charge is 0.318 e. The summed E-state index contributed by atoms with van der Waals surface area (Å²) in [5, 5.41) is 22.2. The van der Waals surface area contributed by atoms with Crippen LogP contribution in [-0.4, -0.2) is 87.7 Å². The third-order valence-electron chi connectivity index (χ3n) is 9.59. The molecular formula is C39H56N8O7. The monoisotopic (exact) mass is 748 g/mol. The number of carbonyl (C=O) groups is 4. The van der Waals surface area contributed by atoms with Crippen LogP contribution >= 0.6 is 0 Å². The number of urea groups is 1. The van der Waals surface area contributed by atoms with E-state index in [2.05, 4.69) is 31.1 Å². The highest BCUT2D eigenvalue weighted by atomic mass is 16.9. The number of nitrogens with zero attached hydrogens (tertiary/aromatic N) is 4. The summed E-state index contributed by atoms with van der Waals surface area (Å²) in [5.41, 5.74) is 2.42. The molecule has 1 aliphatic rings. The fourth-order valence-corrected chi connectivity index (χ4v) is 6.77. The maximum Gasteiger partial charge on any atom is 0.318 e. The molecule has 0 aliphatic carbocycles. The molecule has 3 aromatic rings. The Morgan fingerprint density at radius 3 is 2.19 bits per heavy atom. The molecule has 0 saturated carbocycles. The van der Waals surface area contributed by atoms with Crippen molar-refractivity contribution in [1.29, 1.82) is 0 Å². The van der Waals surface area contributed by atoms with Gasteiger partial charge < -0.3 is 35.6 Å². The fraction of sp³-hybridized carbons (Fsp3) is 0.564. The van der Waals surface area contributed by atoms with Crippen LogP contribution in [0.3, 0.4) is 0 Å². The molecule has 3 heterocycles. The first-order chi connectivity index (χ1) is 26.0. The van der Waals surface area contributed by atoms with E-state index in [0.29, 0.717) is 51.0 Å². The highest BCUT2D eigenvalue weighted by molar-refractivity contribution is 5.95. The minimum atomic E-state index is -1.08. The quantitative estimate of drug-likeness (QED) is 0.0751. The van der Waals surface area contributed by atoms with E-state index >= 15 is 0 Å². The Morgan fingerprint density at radius 2 is 1.50 bits per heavy atom. The van der Waals surface area contributed by atoms with E-state index < -0.39 is 40.9 Å². The molecule has 0 radical (unpaired) electrons. The number of aromatic nitrogens is 2. The third kappa shape index (κ3) is 13.3. The van der Waals surface area contributed by atoms with Gasteiger partial charge in [0.15, 0.2) is 0 Å². The number of amides is 5. The third-order valence-corrected chi connectivity index (χ3v) is 9.59. The fourth-order valence-electron chi connectivity index (χ4n) is 6.77. The molecule has 5 amide bonds. The van der Waals surface area contributed by atoms with E-state index in [9.17, 15) is 29.3 Å². The van der Waals surface area contributed by atoms with Gasteiger partial charge in [0.2, 0.25) is 17.7 Å².